The number of aryl methyl sites for hydroxylation is 1. The Morgan fingerprint density at radius 2 is 1.88 bits per heavy atom. The molecule has 0 aromatic heterocycles. The number of phenols is 1. The molecule has 32 heavy (non-hydrogen) atoms. The first-order chi connectivity index (χ1) is 15.1. The number of carbonyl (C=O) groups is 2. The van der Waals surface area contributed by atoms with E-state index in [1.165, 1.54) is 12.1 Å². The molecule has 0 saturated carbocycles. The molecule has 2 aliphatic heterocycles. The van der Waals surface area contributed by atoms with Crippen molar-refractivity contribution >= 4 is 17.8 Å². The van der Waals surface area contributed by atoms with Gasteiger partial charge in [0.25, 0.3) is 0 Å². The van der Waals surface area contributed by atoms with Crippen LogP contribution in [0, 0.1) is 5.92 Å². The largest absolute Gasteiger partial charge is 0.507 e. The third-order valence-electron chi connectivity index (χ3n) is 5.76. The maximum absolute atomic E-state index is 12.9. The van der Waals surface area contributed by atoms with Crippen LogP contribution >= 0.6 is 0 Å². The summed E-state index contributed by atoms with van der Waals surface area (Å²) in [5.74, 6) is -2.11. The van der Waals surface area contributed by atoms with E-state index < -0.39 is 30.1 Å². The van der Waals surface area contributed by atoms with Crippen molar-refractivity contribution < 1.29 is 34.0 Å². The highest BCUT2D eigenvalue weighted by Gasteiger charge is 2.43. The maximum Gasteiger partial charge on any atom is 0.342 e. The molecule has 0 aliphatic carbocycles. The van der Waals surface area contributed by atoms with E-state index in [1.807, 2.05) is 6.92 Å². The van der Waals surface area contributed by atoms with Crippen molar-refractivity contribution in [3.05, 3.63) is 47.1 Å². The first kappa shape index (κ1) is 24.2. The van der Waals surface area contributed by atoms with Gasteiger partial charge in [-0.15, -0.1) is 0 Å². The Balaban J connectivity index is 2.02. The molecule has 1 aromatic rings. The van der Waals surface area contributed by atoms with Crippen LogP contribution in [-0.4, -0.2) is 52.7 Å². The van der Waals surface area contributed by atoms with Gasteiger partial charge in [0.1, 0.15) is 23.5 Å². The van der Waals surface area contributed by atoms with Gasteiger partial charge in [-0.05, 0) is 63.3 Å². The second kappa shape index (κ2) is 9.98. The van der Waals surface area contributed by atoms with E-state index in [-0.39, 0.29) is 29.6 Å². The fraction of sp³-hybridized carbons (Fsp3) is 0.520. The Bertz CT molecular complexity index is 915. The highest BCUT2D eigenvalue weighted by atomic mass is 16.8. The van der Waals surface area contributed by atoms with Crippen molar-refractivity contribution in [1.82, 2.24) is 0 Å². The molecule has 0 unspecified atom stereocenters. The number of aliphatic hydroxyl groups is 1. The summed E-state index contributed by atoms with van der Waals surface area (Å²) in [6.45, 7) is 7.16. The molecule has 1 saturated heterocycles. The number of aromatic hydroxyl groups is 1. The minimum absolute atomic E-state index is 0.0306. The lowest BCUT2D eigenvalue weighted by atomic mass is 9.97. The highest BCUT2D eigenvalue weighted by Crippen LogP contribution is 2.32. The van der Waals surface area contributed by atoms with Crippen molar-refractivity contribution in [2.45, 2.75) is 71.1 Å². The highest BCUT2D eigenvalue weighted by molar-refractivity contribution is 5.97. The lowest BCUT2D eigenvalue weighted by molar-refractivity contribution is -0.152. The van der Waals surface area contributed by atoms with Crippen molar-refractivity contribution in [2.24, 2.45) is 5.92 Å². The topological polar surface area (TPSA) is 102 Å². The predicted molar refractivity (Wildman–Crippen MR) is 119 cm³/mol. The zero-order valence-corrected chi connectivity index (χ0v) is 19.0. The van der Waals surface area contributed by atoms with E-state index in [4.69, 9.17) is 19.3 Å². The van der Waals surface area contributed by atoms with Gasteiger partial charge in [0.2, 0.25) is 0 Å². The lowest BCUT2D eigenvalue weighted by Gasteiger charge is -2.20. The summed E-state index contributed by atoms with van der Waals surface area (Å²) in [5.41, 5.74) is 1.40. The van der Waals surface area contributed by atoms with Gasteiger partial charge in [0.05, 0.1) is 6.10 Å². The monoisotopic (exact) mass is 444 g/mol. The quantitative estimate of drug-likeness (QED) is 0.687. The minimum atomic E-state index is -0.883. The molecule has 0 radical (unpaired) electrons. The molecule has 2 aliphatic rings. The predicted octanol–water partition coefficient (Wildman–Crippen LogP) is 3.56. The Kier molecular flexibility index (Phi) is 7.54. The van der Waals surface area contributed by atoms with Crippen LogP contribution < -0.4 is 0 Å². The van der Waals surface area contributed by atoms with Crippen molar-refractivity contribution in [1.29, 1.82) is 0 Å². The van der Waals surface area contributed by atoms with E-state index in [0.29, 0.717) is 24.8 Å². The summed E-state index contributed by atoms with van der Waals surface area (Å²) in [4.78, 5) is 25.7. The Morgan fingerprint density at radius 3 is 2.59 bits per heavy atom. The fourth-order valence-corrected chi connectivity index (χ4v) is 3.90. The normalized spacial score (nSPS) is 28.0. The van der Waals surface area contributed by atoms with Crippen molar-refractivity contribution in [3.8, 4) is 5.75 Å². The van der Waals surface area contributed by atoms with E-state index >= 15 is 0 Å². The summed E-state index contributed by atoms with van der Waals surface area (Å²) in [7, 11) is 0. The molecular formula is C25H32O7. The number of hydrogen-bond donors (Lipinski definition) is 2. The Labute approximate surface area is 188 Å². The van der Waals surface area contributed by atoms with E-state index in [0.717, 1.165) is 5.56 Å². The molecule has 1 aromatic carbocycles. The van der Waals surface area contributed by atoms with E-state index in [9.17, 15) is 14.7 Å². The number of hydrogen-bond acceptors (Lipinski definition) is 7. The van der Waals surface area contributed by atoms with Crippen LogP contribution in [0.1, 0.15) is 62.0 Å². The number of rotatable bonds is 3. The Morgan fingerprint density at radius 1 is 1.12 bits per heavy atom. The van der Waals surface area contributed by atoms with Gasteiger partial charge in [-0.1, -0.05) is 31.2 Å². The molecule has 7 nitrogen and oxygen atoms in total. The molecule has 0 amide bonds. The number of esters is 1. The van der Waals surface area contributed by atoms with Gasteiger partial charge in [-0.3, -0.25) is 4.79 Å². The first-order valence-corrected chi connectivity index (χ1v) is 11.0. The third-order valence-corrected chi connectivity index (χ3v) is 5.76. The maximum atomic E-state index is 12.9. The number of aliphatic hydroxyl groups excluding tert-OH is 1. The SMILES string of the molecule is C[C@@H]1C=CC(=O)[C@H]2OC(C)(C)O[C@H]2CC=Cc2cc(CCCO)cc(O)c2C(=O)O[C@H]1C. The van der Waals surface area contributed by atoms with Gasteiger partial charge in [-0.2, -0.15) is 0 Å². The molecule has 1 fully saturated rings. The number of ether oxygens (including phenoxy) is 3. The standard InChI is InChI=1S/C25H32O7/c1-15-10-11-19(27)23-21(31-25(3,4)32-23)9-5-8-18-13-17(7-6-12-26)14-20(28)22(18)24(29)30-16(15)2/h5,8,10-11,13-16,21,23,26,28H,6-7,9,12H2,1-4H3/t15-,16+,21+,23-/m1/s1. The molecule has 2 heterocycles. The summed E-state index contributed by atoms with van der Waals surface area (Å²) >= 11 is 0. The number of carbonyl (C=O) groups excluding carboxylic acids is 2. The second-order valence-electron chi connectivity index (χ2n) is 8.87. The van der Waals surface area contributed by atoms with Gasteiger partial charge in [-0.25, -0.2) is 4.79 Å². The van der Waals surface area contributed by atoms with Crippen molar-refractivity contribution in [3.63, 3.8) is 0 Å². The molecule has 7 heteroatoms. The van der Waals surface area contributed by atoms with Crippen LogP contribution in [0.5, 0.6) is 5.75 Å². The van der Waals surface area contributed by atoms with Gasteiger partial charge in [0, 0.05) is 12.5 Å². The third kappa shape index (κ3) is 5.65. The van der Waals surface area contributed by atoms with Crippen LogP contribution in [0.4, 0.5) is 0 Å². The molecule has 3 rings (SSSR count). The number of cyclic esters (lactones) is 1. The molecular weight excluding hydrogens is 412 g/mol. The number of phenolic OH excluding ortho intramolecular Hbond substituents is 1. The number of ketones is 1. The van der Waals surface area contributed by atoms with Crippen LogP contribution in [0.15, 0.2) is 30.4 Å². The summed E-state index contributed by atoms with van der Waals surface area (Å²) in [5, 5.41) is 19.7. The average molecular weight is 445 g/mol. The molecule has 2 N–H and O–H groups in total. The number of benzene rings is 1. The van der Waals surface area contributed by atoms with E-state index in [1.54, 1.807) is 45.1 Å². The summed E-state index contributed by atoms with van der Waals surface area (Å²) < 4.78 is 17.4. The lowest BCUT2D eigenvalue weighted by Crippen LogP contribution is -2.30. The van der Waals surface area contributed by atoms with Crippen LogP contribution in [0.3, 0.4) is 0 Å². The summed E-state index contributed by atoms with van der Waals surface area (Å²) in [6, 6.07) is 3.34. The van der Waals surface area contributed by atoms with Gasteiger partial charge in [0.15, 0.2) is 11.6 Å². The van der Waals surface area contributed by atoms with Crippen LogP contribution in [0.2, 0.25) is 0 Å². The first-order valence-electron chi connectivity index (χ1n) is 11.0. The van der Waals surface area contributed by atoms with Crippen molar-refractivity contribution in [2.75, 3.05) is 6.61 Å². The van der Waals surface area contributed by atoms with Crippen LogP contribution in [-0.2, 0) is 25.4 Å². The smallest absolute Gasteiger partial charge is 0.342 e. The van der Waals surface area contributed by atoms with E-state index in [2.05, 4.69) is 0 Å². The summed E-state index contributed by atoms with van der Waals surface area (Å²) in [6.07, 6.45) is 6.45. The van der Waals surface area contributed by atoms with Crippen LogP contribution in [0.25, 0.3) is 6.08 Å². The molecule has 4 atom stereocenters. The van der Waals surface area contributed by atoms with Gasteiger partial charge < -0.3 is 24.4 Å². The fourth-order valence-electron chi connectivity index (χ4n) is 3.90. The minimum Gasteiger partial charge on any atom is -0.507 e. The van der Waals surface area contributed by atoms with Gasteiger partial charge >= 0.3 is 5.97 Å². The second-order valence-corrected chi connectivity index (χ2v) is 8.87. The average Bonchev–Trinajstić information content (AvgIpc) is 3.03. The molecule has 174 valence electrons. The zero-order valence-electron chi connectivity index (χ0n) is 19.0. The zero-order chi connectivity index (χ0) is 23.5. The Hall–Kier alpha value is -2.48. The number of fused-ring (bicyclic) bond motifs is 2. The molecule has 0 spiro atoms. The molecule has 0 bridgehead atoms.